The number of rotatable bonds is 6. The van der Waals surface area contributed by atoms with Crippen LogP contribution in [0.3, 0.4) is 0 Å². The van der Waals surface area contributed by atoms with E-state index in [-0.39, 0.29) is 12.0 Å². The van der Waals surface area contributed by atoms with E-state index in [9.17, 15) is 4.79 Å². The van der Waals surface area contributed by atoms with Crippen LogP contribution < -0.4 is 5.32 Å². The Bertz CT molecular complexity index is 770. The number of carbonyl (C=O) groups excluding carboxylic acids is 1. The number of amides is 1. The van der Waals surface area contributed by atoms with E-state index in [4.69, 9.17) is 4.74 Å². The van der Waals surface area contributed by atoms with Crippen molar-refractivity contribution in [2.24, 2.45) is 0 Å². The third-order valence-electron chi connectivity index (χ3n) is 4.87. The van der Waals surface area contributed by atoms with Crippen LogP contribution in [-0.2, 0) is 4.74 Å². The van der Waals surface area contributed by atoms with Crippen molar-refractivity contribution in [1.29, 1.82) is 0 Å². The Morgan fingerprint density at radius 1 is 1.26 bits per heavy atom. The molecule has 0 spiro atoms. The number of likely N-dealkylation sites (N-methyl/N-ethyl adjacent to an activating group) is 1. The third kappa shape index (κ3) is 4.83. The molecule has 3 rings (SSSR count). The molecule has 6 heteroatoms. The first-order chi connectivity index (χ1) is 13.1. The highest BCUT2D eigenvalue weighted by Gasteiger charge is 2.21. The maximum absolute atomic E-state index is 12.9. The Labute approximate surface area is 161 Å². The fourth-order valence-electron chi connectivity index (χ4n) is 3.32. The molecule has 0 radical (unpaired) electrons. The van der Waals surface area contributed by atoms with E-state index in [1.807, 2.05) is 56.1 Å². The van der Waals surface area contributed by atoms with Gasteiger partial charge < -0.3 is 15.0 Å². The summed E-state index contributed by atoms with van der Waals surface area (Å²) in [6.07, 6.45) is 3.48. The zero-order chi connectivity index (χ0) is 19.2. The van der Waals surface area contributed by atoms with E-state index in [2.05, 4.69) is 15.3 Å². The van der Waals surface area contributed by atoms with Crippen LogP contribution in [-0.4, -0.2) is 53.6 Å². The number of hydrogen-bond acceptors (Lipinski definition) is 5. The van der Waals surface area contributed by atoms with Crippen LogP contribution in [0.5, 0.6) is 0 Å². The second kappa shape index (κ2) is 8.95. The Balaban J connectivity index is 1.73. The van der Waals surface area contributed by atoms with Gasteiger partial charge in [-0.05, 0) is 45.2 Å². The van der Waals surface area contributed by atoms with Crippen LogP contribution in [0, 0.1) is 6.92 Å². The molecular formula is C21H28N4O2. The zero-order valence-corrected chi connectivity index (χ0v) is 16.4. The SMILES string of the molecule is CCN(C[C@H]1CCCCO1)C(=O)c1ccc(-c2nc(C)cc(NC)n2)cc1. The van der Waals surface area contributed by atoms with Gasteiger partial charge in [0.05, 0.1) is 6.10 Å². The summed E-state index contributed by atoms with van der Waals surface area (Å²) >= 11 is 0. The fourth-order valence-corrected chi connectivity index (χ4v) is 3.32. The summed E-state index contributed by atoms with van der Waals surface area (Å²) in [5.74, 6) is 1.47. The lowest BCUT2D eigenvalue weighted by atomic mass is 10.1. The molecule has 1 aromatic heterocycles. The number of nitrogens with zero attached hydrogens (tertiary/aromatic N) is 3. The minimum atomic E-state index is 0.0410. The van der Waals surface area contributed by atoms with Crippen LogP contribution in [0.4, 0.5) is 5.82 Å². The lowest BCUT2D eigenvalue weighted by molar-refractivity contribution is -0.00311. The number of benzene rings is 1. The zero-order valence-electron chi connectivity index (χ0n) is 16.4. The molecule has 0 bridgehead atoms. The molecule has 0 aliphatic carbocycles. The van der Waals surface area contributed by atoms with E-state index in [1.165, 1.54) is 6.42 Å². The predicted octanol–water partition coefficient (Wildman–Crippen LogP) is 3.52. The Hall–Kier alpha value is -2.47. The molecule has 1 fully saturated rings. The van der Waals surface area contributed by atoms with Crippen molar-refractivity contribution in [1.82, 2.24) is 14.9 Å². The first-order valence-corrected chi connectivity index (χ1v) is 9.65. The summed E-state index contributed by atoms with van der Waals surface area (Å²) in [5, 5.41) is 3.05. The Morgan fingerprint density at radius 3 is 2.67 bits per heavy atom. The van der Waals surface area contributed by atoms with Crippen molar-refractivity contribution in [3.63, 3.8) is 0 Å². The summed E-state index contributed by atoms with van der Waals surface area (Å²) in [7, 11) is 1.84. The van der Waals surface area contributed by atoms with Gasteiger partial charge in [-0.3, -0.25) is 4.79 Å². The van der Waals surface area contributed by atoms with Gasteiger partial charge in [-0.2, -0.15) is 0 Å². The van der Waals surface area contributed by atoms with Gasteiger partial charge in [0.25, 0.3) is 5.91 Å². The molecule has 1 aromatic carbocycles. The fraction of sp³-hybridized carbons (Fsp3) is 0.476. The highest BCUT2D eigenvalue weighted by molar-refractivity contribution is 5.94. The molecule has 1 N–H and O–H groups in total. The summed E-state index contributed by atoms with van der Waals surface area (Å²) in [6.45, 7) is 6.08. The molecule has 1 saturated heterocycles. The molecule has 27 heavy (non-hydrogen) atoms. The molecule has 1 amide bonds. The number of carbonyl (C=O) groups is 1. The molecule has 1 aliphatic heterocycles. The molecule has 144 valence electrons. The highest BCUT2D eigenvalue weighted by Crippen LogP contribution is 2.20. The van der Waals surface area contributed by atoms with Gasteiger partial charge in [0.15, 0.2) is 5.82 Å². The number of hydrogen-bond donors (Lipinski definition) is 1. The average Bonchev–Trinajstić information content (AvgIpc) is 2.72. The molecule has 2 aromatic rings. The lowest BCUT2D eigenvalue weighted by Gasteiger charge is -2.29. The minimum Gasteiger partial charge on any atom is -0.376 e. The first-order valence-electron chi connectivity index (χ1n) is 9.65. The van der Waals surface area contributed by atoms with E-state index in [0.717, 1.165) is 36.5 Å². The Morgan fingerprint density at radius 2 is 2.04 bits per heavy atom. The Kier molecular flexibility index (Phi) is 6.40. The van der Waals surface area contributed by atoms with Crippen molar-refractivity contribution in [2.45, 2.75) is 39.2 Å². The summed E-state index contributed by atoms with van der Waals surface area (Å²) in [6, 6.07) is 9.42. The molecule has 6 nitrogen and oxygen atoms in total. The maximum Gasteiger partial charge on any atom is 0.253 e. The number of anilines is 1. The van der Waals surface area contributed by atoms with E-state index < -0.39 is 0 Å². The summed E-state index contributed by atoms with van der Waals surface area (Å²) < 4.78 is 5.79. The van der Waals surface area contributed by atoms with Crippen LogP contribution >= 0.6 is 0 Å². The van der Waals surface area contributed by atoms with Gasteiger partial charge in [-0.1, -0.05) is 12.1 Å². The number of aryl methyl sites for hydroxylation is 1. The smallest absolute Gasteiger partial charge is 0.253 e. The quantitative estimate of drug-likeness (QED) is 0.845. The van der Waals surface area contributed by atoms with Crippen molar-refractivity contribution < 1.29 is 9.53 Å². The van der Waals surface area contributed by atoms with Crippen LogP contribution in [0.25, 0.3) is 11.4 Å². The van der Waals surface area contributed by atoms with Crippen molar-refractivity contribution in [3.8, 4) is 11.4 Å². The van der Waals surface area contributed by atoms with Gasteiger partial charge in [0.1, 0.15) is 5.82 Å². The normalized spacial score (nSPS) is 16.8. The van der Waals surface area contributed by atoms with Gasteiger partial charge in [0.2, 0.25) is 0 Å². The number of nitrogens with one attached hydrogen (secondary N) is 1. The number of ether oxygens (including phenoxy) is 1. The van der Waals surface area contributed by atoms with Gasteiger partial charge in [0, 0.05) is 49.6 Å². The van der Waals surface area contributed by atoms with Gasteiger partial charge >= 0.3 is 0 Å². The van der Waals surface area contributed by atoms with Crippen molar-refractivity contribution in [3.05, 3.63) is 41.6 Å². The van der Waals surface area contributed by atoms with E-state index >= 15 is 0 Å². The monoisotopic (exact) mass is 368 g/mol. The predicted molar refractivity (Wildman–Crippen MR) is 107 cm³/mol. The largest absolute Gasteiger partial charge is 0.376 e. The van der Waals surface area contributed by atoms with Crippen LogP contribution in [0.2, 0.25) is 0 Å². The minimum absolute atomic E-state index is 0.0410. The maximum atomic E-state index is 12.9. The highest BCUT2D eigenvalue weighted by atomic mass is 16.5. The molecule has 1 aliphatic rings. The topological polar surface area (TPSA) is 67.3 Å². The molecule has 1 atom stereocenters. The van der Waals surface area contributed by atoms with Crippen LogP contribution in [0.15, 0.2) is 30.3 Å². The van der Waals surface area contributed by atoms with Crippen molar-refractivity contribution >= 4 is 11.7 Å². The molecular weight excluding hydrogens is 340 g/mol. The molecule has 0 unspecified atom stereocenters. The van der Waals surface area contributed by atoms with E-state index in [0.29, 0.717) is 24.5 Å². The standard InChI is InChI=1S/C21H28N4O2/c1-4-25(14-18-7-5-6-12-27-18)21(26)17-10-8-16(9-11-17)20-23-15(2)13-19(22-3)24-20/h8-11,13,18H,4-7,12,14H2,1-3H3,(H,22,23,24)/t18-/m1/s1. The third-order valence-corrected chi connectivity index (χ3v) is 4.87. The lowest BCUT2D eigenvalue weighted by Crippen LogP contribution is -2.39. The van der Waals surface area contributed by atoms with Crippen LogP contribution in [0.1, 0.15) is 42.2 Å². The summed E-state index contributed by atoms with van der Waals surface area (Å²) in [4.78, 5) is 23.7. The summed E-state index contributed by atoms with van der Waals surface area (Å²) in [5.41, 5.74) is 2.47. The number of aromatic nitrogens is 2. The average molecular weight is 368 g/mol. The van der Waals surface area contributed by atoms with E-state index in [1.54, 1.807) is 0 Å². The molecule has 2 heterocycles. The molecule has 0 saturated carbocycles. The second-order valence-corrected chi connectivity index (χ2v) is 6.88. The van der Waals surface area contributed by atoms with Gasteiger partial charge in [-0.25, -0.2) is 9.97 Å². The first kappa shape index (κ1) is 19.3. The second-order valence-electron chi connectivity index (χ2n) is 6.88. The van der Waals surface area contributed by atoms with Crippen molar-refractivity contribution in [2.75, 3.05) is 32.1 Å². The van der Waals surface area contributed by atoms with Gasteiger partial charge in [-0.15, -0.1) is 0 Å².